The molecule has 2 unspecified atom stereocenters. The van der Waals surface area contributed by atoms with Crippen molar-refractivity contribution in [3.8, 4) is 0 Å². The van der Waals surface area contributed by atoms with Crippen LogP contribution < -0.4 is 0 Å². The average Bonchev–Trinajstić information content (AvgIpc) is 2.73. The molecule has 1 fully saturated rings. The average molecular weight is 288 g/mol. The third-order valence-electron chi connectivity index (χ3n) is 4.48. The van der Waals surface area contributed by atoms with Crippen molar-refractivity contribution in [2.45, 2.75) is 31.9 Å². The Bertz CT molecular complexity index is 537. The molecule has 0 bridgehead atoms. The van der Waals surface area contributed by atoms with Gasteiger partial charge < -0.3 is 5.11 Å². The lowest BCUT2D eigenvalue weighted by atomic mass is 10.0. The fourth-order valence-corrected chi connectivity index (χ4v) is 3.14. The zero-order chi connectivity index (χ0) is 15.0. The minimum Gasteiger partial charge on any atom is -0.392 e. The zero-order valence-electron chi connectivity index (χ0n) is 12.2. The molecule has 3 rings (SSSR count). The molecule has 5 heteroatoms. The molecule has 2 aliphatic heterocycles. The molecule has 5 nitrogen and oxygen atoms in total. The van der Waals surface area contributed by atoms with Crippen LogP contribution in [0.1, 0.15) is 40.5 Å². The molecule has 2 heterocycles. The van der Waals surface area contributed by atoms with Crippen LogP contribution in [0.15, 0.2) is 24.3 Å². The van der Waals surface area contributed by atoms with Crippen LogP contribution in [0.25, 0.3) is 0 Å². The van der Waals surface area contributed by atoms with Crippen LogP contribution in [0.5, 0.6) is 0 Å². The molecular weight excluding hydrogens is 268 g/mol. The van der Waals surface area contributed by atoms with E-state index in [2.05, 4.69) is 11.8 Å². The van der Waals surface area contributed by atoms with Crippen LogP contribution >= 0.6 is 0 Å². The summed E-state index contributed by atoms with van der Waals surface area (Å²) in [5, 5.41) is 9.75. The maximum absolute atomic E-state index is 12.3. The number of aliphatic hydroxyl groups excluding tert-OH is 1. The van der Waals surface area contributed by atoms with Gasteiger partial charge in [0.25, 0.3) is 11.8 Å². The van der Waals surface area contributed by atoms with Crippen molar-refractivity contribution >= 4 is 11.8 Å². The first-order valence-electron chi connectivity index (χ1n) is 7.45. The van der Waals surface area contributed by atoms with Gasteiger partial charge in [0.1, 0.15) is 0 Å². The molecule has 112 valence electrons. The van der Waals surface area contributed by atoms with E-state index >= 15 is 0 Å². The van der Waals surface area contributed by atoms with Crippen LogP contribution in [0.3, 0.4) is 0 Å². The SMILES string of the molecule is CC1CCC(O)CN1CCN1C(=O)c2ccccc2C1=O. The van der Waals surface area contributed by atoms with Crippen molar-refractivity contribution in [2.75, 3.05) is 19.6 Å². The predicted molar refractivity (Wildman–Crippen MR) is 78.1 cm³/mol. The van der Waals surface area contributed by atoms with E-state index in [9.17, 15) is 14.7 Å². The summed E-state index contributed by atoms with van der Waals surface area (Å²) in [4.78, 5) is 28.0. The predicted octanol–water partition coefficient (Wildman–Crippen LogP) is 1.13. The second kappa shape index (κ2) is 5.58. The maximum Gasteiger partial charge on any atom is 0.261 e. The Morgan fingerprint density at radius 3 is 2.33 bits per heavy atom. The molecule has 21 heavy (non-hydrogen) atoms. The van der Waals surface area contributed by atoms with Gasteiger partial charge in [0, 0.05) is 25.7 Å². The number of likely N-dealkylation sites (tertiary alicyclic amines) is 1. The van der Waals surface area contributed by atoms with Crippen LogP contribution in [0.2, 0.25) is 0 Å². The monoisotopic (exact) mass is 288 g/mol. The van der Waals surface area contributed by atoms with Crippen molar-refractivity contribution in [2.24, 2.45) is 0 Å². The Morgan fingerprint density at radius 2 is 1.71 bits per heavy atom. The van der Waals surface area contributed by atoms with Gasteiger partial charge in [-0.1, -0.05) is 12.1 Å². The van der Waals surface area contributed by atoms with E-state index in [1.165, 1.54) is 4.90 Å². The van der Waals surface area contributed by atoms with Gasteiger partial charge in [0.15, 0.2) is 0 Å². The van der Waals surface area contributed by atoms with E-state index in [4.69, 9.17) is 0 Å². The number of benzene rings is 1. The minimum absolute atomic E-state index is 0.208. The van der Waals surface area contributed by atoms with E-state index < -0.39 is 0 Å². The third kappa shape index (κ3) is 2.59. The third-order valence-corrected chi connectivity index (χ3v) is 4.48. The Kier molecular flexibility index (Phi) is 3.78. The van der Waals surface area contributed by atoms with Crippen molar-refractivity contribution < 1.29 is 14.7 Å². The Balaban J connectivity index is 1.67. The maximum atomic E-state index is 12.3. The number of carbonyl (C=O) groups is 2. The standard InChI is InChI=1S/C16H20N2O3/c1-11-6-7-12(19)10-17(11)8-9-18-15(20)13-4-2-3-5-14(13)16(18)21/h2-5,11-12,19H,6-10H2,1H3. The van der Waals surface area contributed by atoms with Gasteiger partial charge in [-0.05, 0) is 31.9 Å². The highest BCUT2D eigenvalue weighted by Gasteiger charge is 2.35. The molecular formula is C16H20N2O3. The summed E-state index contributed by atoms with van der Waals surface area (Å²) in [6.45, 7) is 3.73. The zero-order valence-corrected chi connectivity index (χ0v) is 12.2. The van der Waals surface area contributed by atoms with Crippen LogP contribution in [0, 0.1) is 0 Å². The van der Waals surface area contributed by atoms with Gasteiger partial charge in [0.2, 0.25) is 0 Å². The normalized spacial score (nSPS) is 26.3. The van der Waals surface area contributed by atoms with Gasteiger partial charge in [-0.3, -0.25) is 19.4 Å². The summed E-state index contributed by atoms with van der Waals surface area (Å²) < 4.78 is 0. The van der Waals surface area contributed by atoms with E-state index in [-0.39, 0.29) is 17.9 Å². The number of amides is 2. The summed E-state index contributed by atoms with van der Waals surface area (Å²) in [6.07, 6.45) is 1.47. The number of rotatable bonds is 3. The Hall–Kier alpha value is -1.72. The molecule has 0 aliphatic carbocycles. The van der Waals surface area contributed by atoms with Crippen LogP contribution in [-0.4, -0.2) is 58.5 Å². The quantitative estimate of drug-likeness (QED) is 0.847. The molecule has 0 saturated carbocycles. The number of hydrogen-bond acceptors (Lipinski definition) is 4. The number of hydrogen-bond donors (Lipinski definition) is 1. The number of imide groups is 1. The second-order valence-corrected chi connectivity index (χ2v) is 5.88. The first-order valence-corrected chi connectivity index (χ1v) is 7.45. The van der Waals surface area contributed by atoms with Gasteiger partial charge in [-0.25, -0.2) is 0 Å². The lowest BCUT2D eigenvalue weighted by Crippen LogP contribution is -2.47. The topological polar surface area (TPSA) is 60.9 Å². The number of β-amino-alcohol motifs (C(OH)–C–C–N with tert-alkyl or cyclic N) is 1. The van der Waals surface area contributed by atoms with Gasteiger partial charge >= 0.3 is 0 Å². The molecule has 0 aromatic heterocycles. The lowest BCUT2D eigenvalue weighted by molar-refractivity contribution is 0.0340. The number of nitrogens with zero attached hydrogens (tertiary/aromatic N) is 2. The molecule has 1 aromatic rings. The lowest BCUT2D eigenvalue weighted by Gasteiger charge is -2.36. The highest BCUT2D eigenvalue weighted by Crippen LogP contribution is 2.23. The van der Waals surface area contributed by atoms with Crippen LogP contribution in [0.4, 0.5) is 0 Å². The van der Waals surface area contributed by atoms with Crippen molar-refractivity contribution in [1.29, 1.82) is 0 Å². The minimum atomic E-state index is -0.302. The second-order valence-electron chi connectivity index (χ2n) is 5.88. The number of piperidine rings is 1. The van der Waals surface area contributed by atoms with Crippen molar-refractivity contribution in [3.05, 3.63) is 35.4 Å². The molecule has 2 amide bonds. The first kappa shape index (κ1) is 14.2. The number of carbonyl (C=O) groups excluding carboxylic acids is 2. The molecule has 0 radical (unpaired) electrons. The highest BCUT2D eigenvalue weighted by molar-refractivity contribution is 6.21. The molecule has 0 spiro atoms. The fraction of sp³-hybridized carbons (Fsp3) is 0.500. The Morgan fingerprint density at radius 1 is 1.10 bits per heavy atom. The van der Waals surface area contributed by atoms with Gasteiger partial charge in [0.05, 0.1) is 17.2 Å². The summed E-state index contributed by atoms with van der Waals surface area (Å²) in [5.74, 6) is -0.415. The van der Waals surface area contributed by atoms with Gasteiger partial charge in [-0.15, -0.1) is 0 Å². The molecule has 1 aromatic carbocycles. The summed E-state index contributed by atoms with van der Waals surface area (Å²) >= 11 is 0. The summed E-state index contributed by atoms with van der Waals surface area (Å²) in [6, 6.07) is 7.32. The first-order chi connectivity index (χ1) is 10.1. The molecule has 2 atom stereocenters. The largest absolute Gasteiger partial charge is 0.392 e. The van der Waals surface area contributed by atoms with Crippen LogP contribution in [-0.2, 0) is 0 Å². The highest BCUT2D eigenvalue weighted by atomic mass is 16.3. The van der Waals surface area contributed by atoms with E-state index in [1.54, 1.807) is 24.3 Å². The Labute approximate surface area is 124 Å². The molecule has 1 saturated heterocycles. The summed E-state index contributed by atoms with van der Waals surface area (Å²) in [7, 11) is 0. The van der Waals surface area contributed by atoms with E-state index in [0.29, 0.717) is 36.8 Å². The number of aliphatic hydroxyl groups is 1. The fourth-order valence-electron chi connectivity index (χ4n) is 3.14. The van der Waals surface area contributed by atoms with Crippen molar-refractivity contribution in [3.63, 3.8) is 0 Å². The van der Waals surface area contributed by atoms with Gasteiger partial charge in [-0.2, -0.15) is 0 Å². The smallest absolute Gasteiger partial charge is 0.261 e. The summed E-state index contributed by atoms with van der Waals surface area (Å²) in [5.41, 5.74) is 0.989. The molecule has 1 N–H and O–H groups in total. The van der Waals surface area contributed by atoms with E-state index in [0.717, 1.165) is 12.8 Å². The molecule has 2 aliphatic rings. The van der Waals surface area contributed by atoms with E-state index in [1.807, 2.05) is 0 Å². The van der Waals surface area contributed by atoms with Crippen molar-refractivity contribution in [1.82, 2.24) is 9.80 Å². The number of fused-ring (bicyclic) bond motifs is 1.